The molecule has 0 saturated heterocycles. The highest BCUT2D eigenvalue weighted by Crippen LogP contribution is 2.22. The summed E-state index contributed by atoms with van der Waals surface area (Å²) >= 11 is 0. The minimum atomic E-state index is 0.790. The van der Waals surface area contributed by atoms with E-state index in [4.69, 9.17) is 4.74 Å². The van der Waals surface area contributed by atoms with Crippen molar-refractivity contribution < 1.29 is 4.74 Å². The van der Waals surface area contributed by atoms with Crippen molar-refractivity contribution >= 4 is 5.69 Å². The Morgan fingerprint density at radius 2 is 1.71 bits per heavy atom. The summed E-state index contributed by atoms with van der Waals surface area (Å²) in [7, 11) is 1.88. The van der Waals surface area contributed by atoms with Gasteiger partial charge < -0.3 is 10.1 Å². The van der Waals surface area contributed by atoms with Crippen molar-refractivity contribution in [3.63, 3.8) is 0 Å². The van der Waals surface area contributed by atoms with E-state index in [1.54, 1.807) is 12.4 Å². The van der Waals surface area contributed by atoms with Crippen LogP contribution in [-0.2, 0) is 0 Å². The molecule has 0 aliphatic heterocycles. The van der Waals surface area contributed by atoms with Crippen LogP contribution in [0.25, 0.3) is 0 Å². The Morgan fingerprint density at radius 1 is 1.00 bits per heavy atom. The van der Waals surface area contributed by atoms with Gasteiger partial charge in [-0.15, -0.1) is 0 Å². The molecular weight excluding hydrogens is 212 g/mol. The number of nitrogens with one attached hydrogen (secondary N) is 1. The van der Waals surface area contributed by atoms with Crippen molar-refractivity contribution in [2.24, 2.45) is 0 Å². The molecule has 0 fully saturated rings. The van der Waals surface area contributed by atoms with Gasteiger partial charge in [-0.05, 0) is 24.3 Å². The van der Waals surface area contributed by atoms with E-state index in [-0.39, 0.29) is 0 Å². The van der Waals surface area contributed by atoms with Crippen molar-refractivity contribution in [1.82, 2.24) is 4.98 Å². The van der Waals surface area contributed by atoms with Crippen molar-refractivity contribution in [3.05, 3.63) is 48.8 Å². The molecule has 0 aliphatic carbocycles. The highest BCUT2D eigenvalue weighted by atomic mass is 16.5. The van der Waals surface area contributed by atoms with E-state index in [0.717, 1.165) is 17.2 Å². The summed E-state index contributed by atoms with van der Waals surface area (Å²) in [6.07, 6.45) is 3.41. The lowest BCUT2D eigenvalue weighted by Gasteiger charge is -2.06. The van der Waals surface area contributed by atoms with Gasteiger partial charge in [0.05, 0.1) is 0 Å². The SMILES string of the molecule is CC.CNc1cccc(Oc2ccncc2)c1. The average molecular weight is 230 g/mol. The van der Waals surface area contributed by atoms with Gasteiger partial charge in [0.1, 0.15) is 11.5 Å². The largest absolute Gasteiger partial charge is 0.457 e. The quantitative estimate of drug-likeness (QED) is 0.867. The maximum absolute atomic E-state index is 5.64. The Labute approximate surface area is 102 Å². The fraction of sp³-hybridized carbons (Fsp3) is 0.214. The van der Waals surface area contributed by atoms with Gasteiger partial charge in [-0.3, -0.25) is 4.98 Å². The molecule has 3 heteroatoms. The van der Waals surface area contributed by atoms with Gasteiger partial charge in [0.25, 0.3) is 0 Å². The van der Waals surface area contributed by atoms with E-state index in [1.165, 1.54) is 0 Å². The molecule has 1 aromatic heterocycles. The first-order valence-corrected chi connectivity index (χ1v) is 5.74. The summed E-state index contributed by atoms with van der Waals surface area (Å²) in [4.78, 5) is 3.93. The number of hydrogen-bond acceptors (Lipinski definition) is 3. The minimum absolute atomic E-state index is 0.790. The van der Waals surface area contributed by atoms with E-state index in [1.807, 2.05) is 57.3 Å². The van der Waals surface area contributed by atoms with E-state index >= 15 is 0 Å². The van der Waals surface area contributed by atoms with Gasteiger partial charge in [-0.1, -0.05) is 19.9 Å². The summed E-state index contributed by atoms with van der Waals surface area (Å²) in [5, 5.41) is 3.06. The number of rotatable bonds is 3. The third-order valence-electron chi connectivity index (χ3n) is 2.01. The van der Waals surface area contributed by atoms with Gasteiger partial charge in [0, 0.05) is 31.2 Å². The van der Waals surface area contributed by atoms with E-state index in [9.17, 15) is 0 Å². The molecule has 1 aromatic carbocycles. The van der Waals surface area contributed by atoms with Crippen LogP contribution in [0.5, 0.6) is 11.5 Å². The molecule has 1 N–H and O–H groups in total. The summed E-state index contributed by atoms with van der Waals surface area (Å²) in [5.41, 5.74) is 1.03. The summed E-state index contributed by atoms with van der Waals surface area (Å²) < 4.78 is 5.64. The van der Waals surface area contributed by atoms with Gasteiger partial charge in [0.15, 0.2) is 0 Å². The molecular formula is C14H18N2O. The Morgan fingerprint density at radius 3 is 2.35 bits per heavy atom. The fourth-order valence-corrected chi connectivity index (χ4v) is 1.26. The Hall–Kier alpha value is -2.03. The first-order chi connectivity index (χ1) is 8.38. The second-order valence-electron chi connectivity index (χ2n) is 3.06. The van der Waals surface area contributed by atoms with Crippen LogP contribution < -0.4 is 10.1 Å². The monoisotopic (exact) mass is 230 g/mol. The second-order valence-corrected chi connectivity index (χ2v) is 3.06. The molecule has 2 rings (SSSR count). The molecule has 2 aromatic rings. The van der Waals surface area contributed by atoms with Crippen LogP contribution in [-0.4, -0.2) is 12.0 Å². The third-order valence-corrected chi connectivity index (χ3v) is 2.01. The predicted molar refractivity (Wildman–Crippen MR) is 71.6 cm³/mol. The van der Waals surface area contributed by atoms with Gasteiger partial charge in [-0.2, -0.15) is 0 Å². The normalized spacial score (nSPS) is 8.88. The first-order valence-electron chi connectivity index (χ1n) is 5.74. The zero-order valence-corrected chi connectivity index (χ0v) is 10.5. The summed E-state index contributed by atoms with van der Waals surface area (Å²) in [6, 6.07) is 11.4. The number of nitrogens with zero attached hydrogens (tertiary/aromatic N) is 1. The van der Waals surface area contributed by atoms with E-state index in [2.05, 4.69) is 10.3 Å². The van der Waals surface area contributed by atoms with Crippen LogP contribution >= 0.6 is 0 Å². The average Bonchev–Trinajstić information content (AvgIpc) is 2.42. The van der Waals surface area contributed by atoms with E-state index in [0.29, 0.717) is 0 Å². The first kappa shape index (κ1) is 13.0. The number of pyridine rings is 1. The number of anilines is 1. The molecule has 90 valence electrons. The lowest BCUT2D eigenvalue weighted by atomic mass is 10.3. The molecule has 0 amide bonds. The molecule has 17 heavy (non-hydrogen) atoms. The molecule has 3 nitrogen and oxygen atoms in total. The summed E-state index contributed by atoms with van der Waals surface area (Å²) in [6.45, 7) is 4.00. The minimum Gasteiger partial charge on any atom is -0.457 e. The third kappa shape index (κ3) is 4.15. The standard InChI is InChI=1S/C12H12N2O.C2H6/c1-13-10-3-2-4-12(9-10)15-11-5-7-14-8-6-11;1-2/h2-9,13H,1H3;1-2H3. The molecule has 0 radical (unpaired) electrons. The summed E-state index contributed by atoms with van der Waals surface area (Å²) in [5.74, 6) is 1.60. The number of ether oxygens (including phenoxy) is 1. The van der Waals surface area contributed by atoms with Crippen molar-refractivity contribution in [3.8, 4) is 11.5 Å². The fourth-order valence-electron chi connectivity index (χ4n) is 1.26. The molecule has 0 aliphatic rings. The van der Waals surface area contributed by atoms with Crippen molar-refractivity contribution in [1.29, 1.82) is 0 Å². The van der Waals surface area contributed by atoms with Crippen LogP contribution in [0.15, 0.2) is 48.8 Å². The topological polar surface area (TPSA) is 34.1 Å². The van der Waals surface area contributed by atoms with Crippen LogP contribution in [0.4, 0.5) is 5.69 Å². The van der Waals surface area contributed by atoms with Crippen LogP contribution in [0.3, 0.4) is 0 Å². The molecule has 0 spiro atoms. The maximum atomic E-state index is 5.64. The molecule has 0 atom stereocenters. The molecule has 0 saturated carbocycles. The predicted octanol–water partition coefficient (Wildman–Crippen LogP) is 3.94. The Bertz CT molecular complexity index is 429. The van der Waals surface area contributed by atoms with Gasteiger partial charge >= 0.3 is 0 Å². The van der Waals surface area contributed by atoms with Crippen LogP contribution in [0.2, 0.25) is 0 Å². The zero-order valence-electron chi connectivity index (χ0n) is 10.5. The van der Waals surface area contributed by atoms with E-state index < -0.39 is 0 Å². The highest BCUT2D eigenvalue weighted by molar-refractivity contribution is 5.48. The smallest absolute Gasteiger partial charge is 0.130 e. The van der Waals surface area contributed by atoms with Gasteiger partial charge in [0.2, 0.25) is 0 Å². The zero-order chi connectivity index (χ0) is 12.5. The molecule has 0 bridgehead atoms. The van der Waals surface area contributed by atoms with Crippen LogP contribution in [0.1, 0.15) is 13.8 Å². The van der Waals surface area contributed by atoms with Crippen LogP contribution in [0, 0.1) is 0 Å². The molecule has 0 unspecified atom stereocenters. The van der Waals surface area contributed by atoms with Crippen molar-refractivity contribution in [2.75, 3.05) is 12.4 Å². The number of hydrogen-bond donors (Lipinski definition) is 1. The highest BCUT2D eigenvalue weighted by Gasteiger charge is 1.96. The maximum Gasteiger partial charge on any atom is 0.130 e. The lowest BCUT2D eigenvalue weighted by Crippen LogP contribution is -1.89. The number of aromatic nitrogens is 1. The number of benzene rings is 1. The lowest BCUT2D eigenvalue weighted by molar-refractivity contribution is 0.482. The second kappa shape index (κ2) is 7.28. The molecule has 1 heterocycles. The van der Waals surface area contributed by atoms with Crippen molar-refractivity contribution in [2.45, 2.75) is 13.8 Å². The Balaban J connectivity index is 0.000000686. The Kier molecular flexibility index (Phi) is 5.58. The van der Waals surface area contributed by atoms with Gasteiger partial charge in [-0.25, -0.2) is 0 Å².